The zero-order valence-electron chi connectivity index (χ0n) is 23.2. The van der Waals surface area contributed by atoms with Gasteiger partial charge in [-0.15, -0.1) is 6.58 Å². The Balaban J connectivity index is 1.43. The number of fused-ring (bicyclic) bond motifs is 1. The van der Waals surface area contributed by atoms with Crippen LogP contribution in [0.2, 0.25) is 0 Å². The number of allylic oxidation sites excluding steroid dienone is 1. The van der Waals surface area contributed by atoms with Gasteiger partial charge in [0.05, 0.1) is 12.2 Å². The minimum absolute atomic E-state index is 0.182. The van der Waals surface area contributed by atoms with Gasteiger partial charge in [0.15, 0.2) is 11.5 Å². The highest BCUT2D eigenvalue weighted by Crippen LogP contribution is 2.23. The molecule has 1 aliphatic rings. The number of nitrogens with one attached hydrogen (secondary N) is 1. The predicted molar refractivity (Wildman–Crippen MR) is 157 cm³/mol. The monoisotopic (exact) mass is 527 g/mol. The molecule has 204 valence electrons. The summed E-state index contributed by atoms with van der Waals surface area (Å²) >= 11 is 0. The highest BCUT2D eigenvalue weighted by atomic mass is 16.1. The van der Waals surface area contributed by atoms with E-state index in [0.717, 1.165) is 37.6 Å². The van der Waals surface area contributed by atoms with E-state index in [2.05, 4.69) is 57.6 Å². The van der Waals surface area contributed by atoms with Crippen molar-refractivity contribution in [3.8, 4) is 5.82 Å². The highest BCUT2D eigenvalue weighted by molar-refractivity contribution is 5.77. The van der Waals surface area contributed by atoms with Gasteiger partial charge in [-0.25, -0.2) is 19.3 Å². The van der Waals surface area contributed by atoms with Crippen molar-refractivity contribution >= 4 is 28.4 Å². The Kier molecular flexibility index (Phi) is 7.76. The fourth-order valence-corrected chi connectivity index (χ4v) is 4.99. The SMILES string of the molecule is C=CCn1c(=O)c2cnc(Nc3ccc(N4CCN(C(C)C)CC4)cc3)nc2n1-c1cccc(CN(C)C)n1. The Hall–Kier alpha value is -4.02. The summed E-state index contributed by atoms with van der Waals surface area (Å²) < 4.78 is 3.34. The third kappa shape index (κ3) is 5.71. The lowest BCUT2D eigenvalue weighted by atomic mass is 10.2. The van der Waals surface area contributed by atoms with E-state index >= 15 is 0 Å². The lowest BCUT2D eigenvalue weighted by Gasteiger charge is -2.38. The molecule has 0 unspecified atom stereocenters. The molecule has 1 aromatic carbocycles. The number of pyridine rings is 1. The summed E-state index contributed by atoms with van der Waals surface area (Å²) in [6.07, 6.45) is 3.27. The van der Waals surface area contributed by atoms with Crippen molar-refractivity contribution in [2.24, 2.45) is 0 Å². The van der Waals surface area contributed by atoms with Gasteiger partial charge in [-0.05, 0) is 64.3 Å². The van der Waals surface area contributed by atoms with E-state index in [-0.39, 0.29) is 5.56 Å². The molecule has 5 rings (SSSR count). The van der Waals surface area contributed by atoms with Gasteiger partial charge in [-0.1, -0.05) is 12.1 Å². The van der Waals surface area contributed by atoms with Crippen molar-refractivity contribution in [2.45, 2.75) is 33.0 Å². The van der Waals surface area contributed by atoms with E-state index in [1.807, 2.05) is 44.4 Å². The topological polar surface area (TPSA) is 87.3 Å². The summed E-state index contributed by atoms with van der Waals surface area (Å²) in [5.74, 6) is 1.03. The molecule has 10 nitrogen and oxygen atoms in total. The molecule has 1 fully saturated rings. The molecular weight excluding hydrogens is 490 g/mol. The lowest BCUT2D eigenvalue weighted by molar-refractivity contribution is 0.209. The molecule has 0 saturated carbocycles. The number of nitrogens with zero attached hydrogens (tertiary/aromatic N) is 8. The van der Waals surface area contributed by atoms with Gasteiger partial charge < -0.3 is 15.1 Å². The molecular formula is C29H37N9O. The molecule has 10 heteroatoms. The van der Waals surface area contributed by atoms with Crippen molar-refractivity contribution in [1.82, 2.24) is 34.1 Å². The van der Waals surface area contributed by atoms with Crippen LogP contribution in [-0.4, -0.2) is 80.4 Å². The Morgan fingerprint density at radius 3 is 2.46 bits per heavy atom. The van der Waals surface area contributed by atoms with Gasteiger partial charge in [0, 0.05) is 56.3 Å². The molecule has 1 saturated heterocycles. The zero-order chi connectivity index (χ0) is 27.5. The van der Waals surface area contributed by atoms with E-state index in [0.29, 0.717) is 41.9 Å². The summed E-state index contributed by atoms with van der Waals surface area (Å²) in [6, 6.07) is 14.7. The van der Waals surface area contributed by atoms with E-state index < -0.39 is 0 Å². The number of anilines is 3. The summed E-state index contributed by atoms with van der Waals surface area (Å²) in [7, 11) is 4.00. The fraction of sp³-hybridized carbons (Fsp3) is 0.379. The van der Waals surface area contributed by atoms with Crippen LogP contribution in [0.25, 0.3) is 16.9 Å². The van der Waals surface area contributed by atoms with Crippen LogP contribution in [0.5, 0.6) is 0 Å². The summed E-state index contributed by atoms with van der Waals surface area (Å²) in [5.41, 5.74) is 3.30. The van der Waals surface area contributed by atoms with E-state index in [1.165, 1.54) is 5.69 Å². The van der Waals surface area contributed by atoms with Crippen LogP contribution in [-0.2, 0) is 13.1 Å². The Morgan fingerprint density at radius 1 is 1.05 bits per heavy atom. The minimum Gasteiger partial charge on any atom is -0.369 e. The number of hydrogen-bond acceptors (Lipinski definition) is 8. The van der Waals surface area contributed by atoms with Crippen LogP contribution in [0.4, 0.5) is 17.3 Å². The van der Waals surface area contributed by atoms with Crippen molar-refractivity contribution in [3.05, 3.63) is 77.4 Å². The minimum atomic E-state index is -0.182. The van der Waals surface area contributed by atoms with Crippen LogP contribution in [0, 0.1) is 0 Å². The van der Waals surface area contributed by atoms with Gasteiger partial charge in [-0.3, -0.25) is 9.69 Å². The molecule has 0 atom stereocenters. The van der Waals surface area contributed by atoms with Crippen LogP contribution in [0.1, 0.15) is 19.5 Å². The highest BCUT2D eigenvalue weighted by Gasteiger charge is 2.20. The summed E-state index contributed by atoms with van der Waals surface area (Å²) in [4.78, 5) is 34.2. The van der Waals surface area contributed by atoms with E-state index in [4.69, 9.17) is 9.97 Å². The average Bonchev–Trinajstić information content (AvgIpc) is 3.20. The Morgan fingerprint density at radius 2 is 1.79 bits per heavy atom. The molecule has 4 aromatic rings. The number of benzene rings is 1. The van der Waals surface area contributed by atoms with Crippen LogP contribution in [0.15, 0.2) is 66.1 Å². The first-order valence-electron chi connectivity index (χ1n) is 13.4. The summed E-state index contributed by atoms with van der Waals surface area (Å²) in [5, 5.41) is 3.73. The van der Waals surface area contributed by atoms with Crippen LogP contribution in [0.3, 0.4) is 0 Å². The maximum Gasteiger partial charge on any atom is 0.278 e. The third-order valence-corrected chi connectivity index (χ3v) is 7.00. The standard InChI is InChI=1S/C29H37N9O/c1-6-14-37-28(39)25-19-30-29(33-27(25)38(37)26-9-7-8-23(31-26)20-34(4)5)32-22-10-12-24(13-11-22)36-17-15-35(16-18-36)21(2)3/h6-13,19,21H,1,14-18,20H2,2-5H3,(H,30,32,33). The average molecular weight is 528 g/mol. The maximum atomic E-state index is 13.2. The molecule has 0 bridgehead atoms. The van der Waals surface area contributed by atoms with E-state index in [1.54, 1.807) is 21.6 Å². The smallest absolute Gasteiger partial charge is 0.278 e. The van der Waals surface area contributed by atoms with Gasteiger partial charge in [-0.2, -0.15) is 4.98 Å². The molecule has 39 heavy (non-hydrogen) atoms. The molecule has 0 amide bonds. The van der Waals surface area contributed by atoms with Crippen LogP contribution < -0.4 is 15.8 Å². The normalized spacial score (nSPS) is 14.5. The molecule has 1 N–H and O–H groups in total. The third-order valence-electron chi connectivity index (χ3n) is 7.00. The first-order valence-corrected chi connectivity index (χ1v) is 13.4. The molecule has 4 heterocycles. The maximum absolute atomic E-state index is 13.2. The number of piperazine rings is 1. The first-order chi connectivity index (χ1) is 18.8. The number of hydrogen-bond donors (Lipinski definition) is 1. The molecule has 1 aliphatic heterocycles. The largest absolute Gasteiger partial charge is 0.369 e. The second-order valence-electron chi connectivity index (χ2n) is 10.4. The molecule has 0 spiro atoms. The van der Waals surface area contributed by atoms with Gasteiger partial charge in [0.2, 0.25) is 5.95 Å². The second kappa shape index (κ2) is 11.4. The Labute approximate surface area is 229 Å². The first kappa shape index (κ1) is 26.6. The van der Waals surface area contributed by atoms with Crippen molar-refractivity contribution in [1.29, 1.82) is 0 Å². The molecule has 0 aliphatic carbocycles. The van der Waals surface area contributed by atoms with E-state index in [9.17, 15) is 4.79 Å². The lowest BCUT2D eigenvalue weighted by Crippen LogP contribution is -2.48. The summed E-state index contributed by atoms with van der Waals surface area (Å²) in [6.45, 7) is 13.5. The fourth-order valence-electron chi connectivity index (χ4n) is 4.99. The second-order valence-corrected chi connectivity index (χ2v) is 10.4. The van der Waals surface area contributed by atoms with Gasteiger partial charge in [0.1, 0.15) is 5.39 Å². The Bertz CT molecular complexity index is 1500. The quantitative estimate of drug-likeness (QED) is 0.331. The molecule has 0 radical (unpaired) electrons. The van der Waals surface area contributed by atoms with Crippen molar-refractivity contribution in [2.75, 3.05) is 50.5 Å². The predicted octanol–water partition coefficient (Wildman–Crippen LogP) is 3.50. The molecule has 3 aromatic heterocycles. The van der Waals surface area contributed by atoms with Gasteiger partial charge >= 0.3 is 0 Å². The number of aromatic nitrogens is 5. The zero-order valence-corrected chi connectivity index (χ0v) is 23.2. The number of rotatable bonds is 9. The van der Waals surface area contributed by atoms with Crippen molar-refractivity contribution in [3.63, 3.8) is 0 Å². The van der Waals surface area contributed by atoms with Crippen molar-refractivity contribution < 1.29 is 0 Å². The van der Waals surface area contributed by atoms with Gasteiger partial charge in [0.25, 0.3) is 5.56 Å². The van der Waals surface area contributed by atoms with Crippen LogP contribution >= 0.6 is 0 Å².